The number of Topliss-reactive ketones (excluding diaryl/α,β-unsaturated/α-hetero) is 1. The second kappa shape index (κ2) is 7.90. The van der Waals surface area contributed by atoms with Gasteiger partial charge < -0.3 is 10.1 Å². The van der Waals surface area contributed by atoms with Crippen molar-refractivity contribution >= 4 is 34.9 Å². The van der Waals surface area contributed by atoms with Gasteiger partial charge >= 0.3 is 5.97 Å². The molecular formula is C18H15ClFNO4. The van der Waals surface area contributed by atoms with Crippen molar-refractivity contribution < 1.29 is 23.5 Å². The molecule has 0 spiro atoms. The standard InChI is InChI=1S/C18H15ClFNO4/c1-10(22)12-3-6-14(7-4-12)21-17(23)11(2)25-18(24)15-8-5-13(20)9-16(15)19/h3-9,11H,1-2H3,(H,21,23). The van der Waals surface area contributed by atoms with E-state index in [1.807, 2.05) is 0 Å². The lowest BCUT2D eigenvalue weighted by molar-refractivity contribution is -0.123. The van der Waals surface area contributed by atoms with Gasteiger partial charge in [0.25, 0.3) is 5.91 Å². The second-order valence-electron chi connectivity index (χ2n) is 5.29. The van der Waals surface area contributed by atoms with Crippen LogP contribution in [-0.4, -0.2) is 23.8 Å². The third-order valence-corrected chi connectivity index (χ3v) is 3.68. The number of ether oxygens (including phenoxy) is 1. The van der Waals surface area contributed by atoms with E-state index in [0.29, 0.717) is 11.3 Å². The normalized spacial score (nSPS) is 11.5. The monoisotopic (exact) mass is 363 g/mol. The van der Waals surface area contributed by atoms with Crippen molar-refractivity contribution in [2.24, 2.45) is 0 Å². The number of benzene rings is 2. The molecule has 1 unspecified atom stereocenters. The minimum absolute atomic E-state index is 0.0338. The number of ketones is 1. The molecule has 1 N–H and O–H groups in total. The number of anilines is 1. The number of esters is 1. The molecule has 2 aromatic carbocycles. The maximum Gasteiger partial charge on any atom is 0.340 e. The topological polar surface area (TPSA) is 72.5 Å². The summed E-state index contributed by atoms with van der Waals surface area (Å²) in [5.41, 5.74) is 0.940. The number of hydrogen-bond donors (Lipinski definition) is 1. The number of halogens is 2. The molecule has 0 aromatic heterocycles. The fourth-order valence-corrected chi connectivity index (χ4v) is 2.21. The Morgan fingerprint density at radius 1 is 1.12 bits per heavy atom. The molecule has 1 amide bonds. The van der Waals surface area contributed by atoms with E-state index < -0.39 is 23.8 Å². The number of amides is 1. The van der Waals surface area contributed by atoms with Crippen LogP contribution < -0.4 is 5.32 Å². The number of carbonyl (C=O) groups excluding carboxylic acids is 3. The van der Waals surface area contributed by atoms with E-state index in [2.05, 4.69) is 5.32 Å². The smallest absolute Gasteiger partial charge is 0.340 e. The van der Waals surface area contributed by atoms with Crippen molar-refractivity contribution in [2.45, 2.75) is 20.0 Å². The highest BCUT2D eigenvalue weighted by Crippen LogP contribution is 2.19. The number of hydrogen-bond acceptors (Lipinski definition) is 4. The van der Waals surface area contributed by atoms with Gasteiger partial charge in [-0.05, 0) is 56.3 Å². The molecule has 0 aliphatic rings. The third-order valence-electron chi connectivity index (χ3n) is 3.36. The van der Waals surface area contributed by atoms with E-state index in [-0.39, 0.29) is 16.4 Å². The molecule has 0 fully saturated rings. The third kappa shape index (κ3) is 4.87. The fraction of sp³-hybridized carbons (Fsp3) is 0.167. The van der Waals surface area contributed by atoms with Gasteiger partial charge in [-0.1, -0.05) is 11.6 Å². The first kappa shape index (κ1) is 18.6. The van der Waals surface area contributed by atoms with Crippen molar-refractivity contribution in [3.63, 3.8) is 0 Å². The van der Waals surface area contributed by atoms with Crippen LogP contribution in [0.5, 0.6) is 0 Å². The van der Waals surface area contributed by atoms with Gasteiger partial charge in [0.1, 0.15) is 5.82 Å². The predicted octanol–water partition coefficient (Wildman–Crippen LogP) is 3.87. The molecule has 0 saturated heterocycles. The molecule has 2 aromatic rings. The molecule has 0 aliphatic carbocycles. The van der Waals surface area contributed by atoms with Crippen LogP contribution in [-0.2, 0) is 9.53 Å². The van der Waals surface area contributed by atoms with Crippen molar-refractivity contribution in [3.8, 4) is 0 Å². The van der Waals surface area contributed by atoms with Crippen LogP contribution in [0.2, 0.25) is 5.02 Å². The molecule has 7 heteroatoms. The molecule has 25 heavy (non-hydrogen) atoms. The van der Waals surface area contributed by atoms with Crippen LogP contribution in [0.1, 0.15) is 34.6 Å². The Bertz CT molecular complexity index is 820. The molecule has 0 bridgehead atoms. The second-order valence-corrected chi connectivity index (χ2v) is 5.70. The number of carbonyl (C=O) groups is 3. The zero-order chi connectivity index (χ0) is 18.6. The Morgan fingerprint density at radius 3 is 2.32 bits per heavy atom. The van der Waals surface area contributed by atoms with Crippen molar-refractivity contribution in [1.29, 1.82) is 0 Å². The Balaban J connectivity index is 1.99. The fourth-order valence-electron chi connectivity index (χ4n) is 1.96. The lowest BCUT2D eigenvalue weighted by atomic mass is 10.1. The van der Waals surface area contributed by atoms with E-state index in [4.69, 9.17) is 16.3 Å². The average molecular weight is 364 g/mol. The lowest BCUT2D eigenvalue weighted by Crippen LogP contribution is -2.30. The summed E-state index contributed by atoms with van der Waals surface area (Å²) >= 11 is 5.79. The highest BCUT2D eigenvalue weighted by molar-refractivity contribution is 6.33. The van der Waals surface area contributed by atoms with Gasteiger partial charge in [-0.15, -0.1) is 0 Å². The molecular weight excluding hydrogens is 349 g/mol. The summed E-state index contributed by atoms with van der Waals surface area (Å²) in [6.45, 7) is 2.84. The zero-order valence-electron chi connectivity index (χ0n) is 13.5. The Hall–Kier alpha value is -2.73. The largest absolute Gasteiger partial charge is 0.449 e. The molecule has 0 aliphatic heterocycles. The Morgan fingerprint density at radius 2 is 1.76 bits per heavy atom. The lowest BCUT2D eigenvalue weighted by Gasteiger charge is -2.14. The minimum atomic E-state index is -1.10. The van der Waals surface area contributed by atoms with Crippen LogP contribution in [0.3, 0.4) is 0 Å². The van der Waals surface area contributed by atoms with E-state index >= 15 is 0 Å². The summed E-state index contributed by atoms with van der Waals surface area (Å²) in [5.74, 6) is -2.06. The van der Waals surface area contributed by atoms with Crippen molar-refractivity contribution in [1.82, 2.24) is 0 Å². The van der Waals surface area contributed by atoms with E-state index in [1.54, 1.807) is 24.3 Å². The van der Waals surface area contributed by atoms with Crippen LogP contribution >= 0.6 is 11.6 Å². The van der Waals surface area contributed by atoms with Gasteiger partial charge in [0.15, 0.2) is 11.9 Å². The molecule has 0 radical (unpaired) electrons. The van der Waals surface area contributed by atoms with Crippen molar-refractivity contribution in [2.75, 3.05) is 5.32 Å². The van der Waals surface area contributed by atoms with Crippen LogP contribution in [0.25, 0.3) is 0 Å². The molecule has 130 valence electrons. The minimum Gasteiger partial charge on any atom is -0.449 e. The highest BCUT2D eigenvalue weighted by atomic mass is 35.5. The maximum atomic E-state index is 13.0. The van der Waals surface area contributed by atoms with Crippen LogP contribution in [0.15, 0.2) is 42.5 Å². The first-order chi connectivity index (χ1) is 11.8. The van der Waals surface area contributed by atoms with Gasteiger partial charge in [0, 0.05) is 11.3 Å². The molecule has 5 nitrogen and oxygen atoms in total. The van der Waals surface area contributed by atoms with Gasteiger partial charge in [0.2, 0.25) is 0 Å². The molecule has 0 saturated carbocycles. The van der Waals surface area contributed by atoms with E-state index in [1.165, 1.54) is 19.9 Å². The van der Waals surface area contributed by atoms with Crippen LogP contribution in [0.4, 0.5) is 10.1 Å². The van der Waals surface area contributed by atoms with E-state index in [9.17, 15) is 18.8 Å². The van der Waals surface area contributed by atoms with Gasteiger partial charge in [0.05, 0.1) is 10.6 Å². The van der Waals surface area contributed by atoms with Crippen molar-refractivity contribution in [3.05, 3.63) is 64.4 Å². The zero-order valence-corrected chi connectivity index (χ0v) is 14.3. The highest BCUT2D eigenvalue weighted by Gasteiger charge is 2.21. The quantitative estimate of drug-likeness (QED) is 0.646. The van der Waals surface area contributed by atoms with E-state index in [0.717, 1.165) is 12.1 Å². The SMILES string of the molecule is CC(=O)c1ccc(NC(=O)C(C)OC(=O)c2ccc(F)cc2Cl)cc1. The van der Waals surface area contributed by atoms with Gasteiger partial charge in [-0.25, -0.2) is 9.18 Å². The van der Waals surface area contributed by atoms with Crippen LogP contribution in [0, 0.1) is 5.82 Å². The number of rotatable bonds is 5. The summed E-state index contributed by atoms with van der Waals surface area (Å²) in [5, 5.41) is 2.47. The first-order valence-corrected chi connectivity index (χ1v) is 7.73. The Kier molecular flexibility index (Phi) is 5.88. The summed E-state index contributed by atoms with van der Waals surface area (Å²) in [7, 11) is 0. The summed E-state index contributed by atoms with van der Waals surface area (Å²) in [4.78, 5) is 35.3. The maximum absolute atomic E-state index is 13.0. The predicted molar refractivity (Wildman–Crippen MR) is 91.4 cm³/mol. The van der Waals surface area contributed by atoms with Gasteiger partial charge in [-0.3, -0.25) is 9.59 Å². The molecule has 2 rings (SSSR count). The first-order valence-electron chi connectivity index (χ1n) is 7.36. The summed E-state index contributed by atoms with van der Waals surface area (Å²) in [6.07, 6.45) is -1.10. The summed E-state index contributed by atoms with van der Waals surface area (Å²) < 4.78 is 18.0. The summed E-state index contributed by atoms with van der Waals surface area (Å²) in [6, 6.07) is 9.54. The number of nitrogens with one attached hydrogen (secondary N) is 1. The Labute approximate surface area is 148 Å². The molecule has 1 atom stereocenters. The molecule has 0 heterocycles. The average Bonchev–Trinajstić information content (AvgIpc) is 2.55. The van der Waals surface area contributed by atoms with Gasteiger partial charge in [-0.2, -0.15) is 0 Å².